The molecule has 1 aromatic heterocycles. The van der Waals surface area contributed by atoms with Gasteiger partial charge in [-0.15, -0.1) is 24.0 Å². The number of pyridine rings is 1. The highest BCUT2D eigenvalue weighted by Crippen LogP contribution is 2.25. The van der Waals surface area contributed by atoms with Gasteiger partial charge in [0.2, 0.25) is 0 Å². The molecule has 1 N–H and O–H groups in total. The van der Waals surface area contributed by atoms with E-state index in [2.05, 4.69) is 20.2 Å². The Morgan fingerprint density at radius 2 is 2.09 bits per heavy atom. The van der Waals surface area contributed by atoms with Crippen LogP contribution < -0.4 is 10.1 Å². The van der Waals surface area contributed by atoms with Crippen LogP contribution in [0.25, 0.3) is 0 Å². The van der Waals surface area contributed by atoms with Gasteiger partial charge in [0.15, 0.2) is 17.5 Å². The molecule has 1 saturated heterocycles. The number of fused-ring (bicyclic) bond motifs is 1. The number of piperazine rings is 1. The van der Waals surface area contributed by atoms with Gasteiger partial charge in [-0.25, -0.2) is 9.18 Å². The summed E-state index contributed by atoms with van der Waals surface area (Å²) in [5.74, 6) is 0.965. The lowest BCUT2D eigenvalue weighted by molar-refractivity contribution is 0.0137. The van der Waals surface area contributed by atoms with Crippen LogP contribution >= 0.6 is 24.0 Å². The van der Waals surface area contributed by atoms with Crippen molar-refractivity contribution in [3.05, 3.63) is 54.1 Å². The fraction of sp³-hybridized carbons (Fsp3) is 0.435. The summed E-state index contributed by atoms with van der Waals surface area (Å²) in [7, 11) is 0. The Balaban J connectivity index is 0.00000306. The zero-order valence-electron chi connectivity index (χ0n) is 19.0. The molecular weight excluding hydrogens is 540 g/mol. The van der Waals surface area contributed by atoms with Gasteiger partial charge in [-0.05, 0) is 50.6 Å². The van der Waals surface area contributed by atoms with E-state index in [0.29, 0.717) is 38.5 Å². The maximum absolute atomic E-state index is 14.5. The molecular formula is C23H29FIN5O3. The van der Waals surface area contributed by atoms with Crippen molar-refractivity contribution in [2.45, 2.75) is 39.0 Å². The lowest BCUT2D eigenvalue weighted by Gasteiger charge is -2.39. The summed E-state index contributed by atoms with van der Waals surface area (Å²) in [5.41, 5.74) is 0.264. The zero-order chi connectivity index (χ0) is 22.7. The minimum Gasteiger partial charge on any atom is -0.453 e. The Morgan fingerprint density at radius 3 is 2.79 bits per heavy atom. The van der Waals surface area contributed by atoms with Gasteiger partial charge in [0, 0.05) is 32.4 Å². The fourth-order valence-electron chi connectivity index (χ4n) is 3.68. The van der Waals surface area contributed by atoms with Gasteiger partial charge in [0.25, 0.3) is 0 Å². The van der Waals surface area contributed by atoms with Crippen LogP contribution in [0.5, 0.6) is 11.5 Å². The number of halogens is 2. The third-order valence-electron chi connectivity index (χ3n) is 5.17. The molecule has 33 heavy (non-hydrogen) atoms. The number of nitrogens with zero attached hydrogens (tertiary/aromatic N) is 4. The molecule has 10 heteroatoms. The summed E-state index contributed by atoms with van der Waals surface area (Å²) in [5, 5.41) is 3.30. The maximum Gasteiger partial charge on any atom is 0.410 e. The second kappa shape index (κ2) is 10.5. The average Bonchev–Trinajstić information content (AvgIpc) is 3.16. The number of carbonyl (C=O) groups is 1. The van der Waals surface area contributed by atoms with Crippen LogP contribution in [0.4, 0.5) is 9.18 Å². The smallest absolute Gasteiger partial charge is 0.410 e. The summed E-state index contributed by atoms with van der Waals surface area (Å²) < 4.78 is 25.5. The highest BCUT2D eigenvalue weighted by molar-refractivity contribution is 14.0. The van der Waals surface area contributed by atoms with E-state index >= 15 is 0 Å². The molecule has 1 aromatic carbocycles. The first-order valence-corrected chi connectivity index (χ1v) is 10.7. The number of ether oxygens (including phenoxy) is 2. The quantitative estimate of drug-likeness (QED) is 0.561. The molecule has 8 nitrogen and oxygen atoms in total. The van der Waals surface area contributed by atoms with E-state index in [1.165, 1.54) is 12.3 Å². The SMILES string of the molecule is CC(C)(C)OC(=O)N1CCN2C(NCc3ccc(Oc4cccnc4)c(F)c3)=NCC2C1.I. The van der Waals surface area contributed by atoms with Crippen molar-refractivity contribution in [1.82, 2.24) is 20.1 Å². The van der Waals surface area contributed by atoms with Gasteiger partial charge in [-0.3, -0.25) is 9.98 Å². The van der Waals surface area contributed by atoms with Gasteiger partial charge < -0.3 is 24.6 Å². The number of nitrogens with one attached hydrogen (secondary N) is 1. The zero-order valence-corrected chi connectivity index (χ0v) is 21.3. The Morgan fingerprint density at radius 1 is 1.27 bits per heavy atom. The van der Waals surface area contributed by atoms with E-state index in [0.717, 1.165) is 11.5 Å². The minimum absolute atomic E-state index is 0. The monoisotopic (exact) mass is 569 g/mol. The predicted octanol–water partition coefficient (Wildman–Crippen LogP) is 4.01. The number of hydrogen-bond acceptors (Lipinski definition) is 7. The molecule has 4 rings (SSSR count). The fourth-order valence-corrected chi connectivity index (χ4v) is 3.68. The van der Waals surface area contributed by atoms with Crippen LogP contribution in [0.15, 0.2) is 47.7 Å². The van der Waals surface area contributed by atoms with Crippen LogP contribution in [0.3, 0.4) is 0 Å². The Kier molecular flexibility index (Phi) is 7.98. The highest BCUT2D eigenvalue weighted by Gasteiger charge is 2.36. The molecule has 1 fully saturated rings. The molecule has 2 aliphatic heterocycles. The van der Waals surface area contributed by atoms with Crippen molar-refractivity contribution < 1.29 is 18.7 Å². The number of rotatable bonds is 4. The van der Waals surface area contributed by atoms with Gasteiger partial charge >= 0.3 is 6.09 Å². The highest BCUT2D eigenvalue weighted by atomic mass is 127. The van der Waals surface area contributed by atoms with E-state index in [1.54, 1.807) is 29.3 Å². The summed E-state index contributed by atoms with van der Waals surface area (Å²) in [4.78, 5) is 24.8. The number of benzene rings is 1. The van der Waals surface area contributed by atoms with Gasteiger partial charge in [0.1, 0.15) is 11.4 Å². The average molecular weight is 569 g/mol. The number of carbonyl (C=O) groups excluding carboxylic acids is 1. The second-order valence-corrected chi connectivity index (χ2v) is 8.85. The van der Waals surface area contributed by atoms with Gasteiger partial charge in [-0.1, -0.05) is 6.07 Å². The van der Waals surface area contributed by atoms with Crippen molar-refractivity contribution in [3.63, 3.8) is 0 Å². The summed E-state index contributed by atoms with van der Waals surface area (Å²) in [6.45, 7) is 8.43. The molecule has 0 saturated carbocycles. The second-order valence-electron chi connectivity index (χ2n) is 8.85. The number of amides is 1. The molecule has 2 aromatic rings. The molecule has 0 radical (unpaired) electrons. The predicted molar refractivity (Wildman–Crippen MR) is 134 cm³/mol. The minimum atomic E-state index is -0.513. The third kappa shape index (κ3) is 6.46. The van der Waals surface area contributed by atoms with E-state index in [-0.39, 0.29) is 41.9 Å². The summed E-state index contributed by atoms with van der Waals surface area (Å²) >= 11 is 0. The first kappa shape index (κ1) is 25.0. The lowest BCUT2D eigenvalue weighted by atomic mass is 10.2. The topological polar surface area (TPSA) is 79.3 Å². The van der Waals surface area contributed by atoms with Crippen LogP contribution in [-0.4, -0.2) is 64.7 Å². The number of aromatic nitrogens is 1. The maximum atomic E-state index is 14.5. The molecule has 0 spiro atoms. The van der Waals surface area contributed by atoms with Crippen molar-refractivity contribution in [2.24, 2.45) is 4.99 Å². The van der Waals surface area contributed by atoms with Crippen LogP contribution in [0.1, 0.15) is 26.3 Å². The summed E-state index contributed by atoms with van der Waals surface area (Å²) in [6.07, 6.45) is 2.88. The lowest BCUT2D eigenvalue weighted by Crippen LogP contribution is -2.57. The van der Waals surface area contributed by atoms with E-state index in [9.17, 15) is 9.18 Å². The molecule has 0 bridgehead atoms. The van der Waals surface area contributed by atoms with Gasteiger partial charge in [0.05, 0.1) is 18.8 Å². The van der Waals surface area contributed by atoms with Crippen molar-refractivity contribution >= 4 is 36.0 Å². The molecule has 178 valence electrons. The standard InChI is InChI=1S/C23H28FN5O3.HI/c1-23(2,3)32-22(30)28-9-10-29-17(15-28)13-27-21(29)26-12-16-6-7-20(19(24)11-16)31-18-5-4-8-25-14-18;/h4-8,11,14,17H,9-10,12-13,15H2,1-3H3,(H,26,27);1H. The first-order chi connectivity index (χ1) is 15.3. The summed E-state index contributed by atoms with van der Waals surface area (Å²) in [6, 6.07) is 8.44. The van der Waals surface area contributed by atoms with Gasteiger partial charge in [-0.2, -0.15) is 0 Å². The van der Waals surface area contributed by atoms with Crippen LogP contribution in [0.2, 0.25) is 0 Å². The normalized spacial score (nSPS) is 17.6. The number of hydrogen-bond donors (Lipinski definition) is 1. The first-order valence-electron chi connectivity index (χ1n) is 10.7. The molecule has 2 aliphatic rings. The van der Waals surface area contributed by atoms with Crippen molar-refractivity contribution in [3.8, 4) is 11.5 Å². The van der Waals surface area contributed by atoms with Crippen LogP contribution in [-0.2, 0) is 11.3 Å². The van der Waals surface area contributed by atoms with Crippen LogP contribution in [0, 0.1) is 5.82 Å². The van der Waals surface area contributed by atoms with Crippen molar-refractivity contribution in [1.29, 1.82) is 0 Å². The Hall–Kier alpha value is -2.63. The van der Waals surface area contributed by atoms with E-state index in [1.807, 2.05) is 26.8 Å². The van der Waals surface area contributed by atoms with Crippen molar-refractivity contribution in [2.75, 3.05) is 26.2 Å². The number of guanidine groups is 1. The van der Waals surface area contributed by atoms with E-state index < -0.39 is 11.4 Å². The third-order valence-corrected chi connectivity index (χ3v) is 5.17. The molecule has 1 atom stereocenters. The van der Waals surface area contributed by atoms with E-state index in [4.69, 9.17) is 9.47 Å². The molecule has 1 amide bonds. The number of aliphatic imine (C=N–C) groups is 1. The Bertz CT molecular complexity index is 999. The molecule has 3 heterocycles. The largest absolute Gasteiger partial charge is 0.453 e. The molecule has 0 aliphatic carbocycles. The molecule has 1 unspecified atom stereocenters. The Labute approximate surface area is 210 Å².